The number of nitrogens with zero attached hydrogens (tertiary/aromatic N) is 1. The van der Waals surface area contributed by atoms with Crippen molar-refractivity contribution in [3.63, 3.8) is 0 Å². The molecule has 104 valence electrons. The van der Waals surface area contributed by atoms with Gasteiger partial charge in [-0.15, -0.1) is 0 Å². The number of rotatable bonds is 3. The predicted molar refractivity (Wildman–Crippen MR) is 77.6 cm³/mol. The summed E-state index contributed by atoms with van der Waals surface area (Å²) in [6.07, 6.45) is 4.21. The molecule has 0 saturated heterocycles. The molecule has 1 amide bonds. The number of benzene rings is 1. The van der Waals surface area contributed by atoms with E-state index in [4.69, 9.17) is 5.73 Å². The van der Waals surface area contributed by atoms with Crippen LogP contribution < -0.4 is 5.73 Å². The second-order valence-electron chi connectivity index (χ2n) is 5.68. The van der Waals surface area contributed by atoms with Crippen molar-refractivity contribution in [2.45, 2.75) is 45.2 Å². The van der Waals surface area contributed by atoms with Crippen LogP contribution in [-0.4, -0.2) is 23.9 Å². The van der Waals surface area contributed by atoms with E-state index in [1.54, 1.807) is 0 Å². The number of hydrogen-bond acceptors (Lipinski definition) is 2. The lowest BCUT2D eigenvalue weighted by Crippen LogP contribution is -2.44. The van der Waals surface area contributed by atoms with Crippen LogP contribution >= 0.6 is 0 Å². The molecule has 1 aromatic rings. The Bertz CT molecular complexity index is 444. The summed E-state index contributed by atoms with van der Waals surface area (Å²) in [6.45, 7) is 2.76. The zero-order chi connectivity index (χ0) is 13.8. The fourth-order valence-electron chi connectivity index (χ4n) is 2.87. The molecular weight excluding hydrogens is 236 g/mol. The first-order valence-corrected chi connectivity index (χ1v) is 7.14. The minimum absolute atomic E-state index is 0.0165. The van der Waals surface area contributed by atoms with E-state index in [1.807, 2.05) is 24.1 Å². The topological polar surface area (TPSA) is 46.3 Å². The predicted octanol–water partition coefficient (Wildman–Crippen LogP) is 2.47. The number of nitrogens with two attached hydrogens (primary N) is 1. The van der Waals surface area contributed by atoms with E-state index in [-0.39, 0.29) is 17.9 Å². The molecule has 3 nitrogen and oxygen atoms in total. The second kappa shape index (κ2) is 6.20. The van der Waals surface area contributed by atoms with Gasteiger partial charge in [0.2, 0.25) is 5.91 Å². The highest BCUT2D eigenvalue weighted by atomic mass is 16.2. The second-order valence-corrected chi connectivity index (χ2v) is 5.68. The van der Waals surface area contributed by atoms with Gasteiger partial charge in [0, 0.05) is 19.6 Å². The Labute approximate surface area is 115 Å². The molecule has 2 N–H and O–H groups in total. The van der Waals surface area contributed by atoms with Gasteiger partial charge in [-0.25, -0.2) is 0 Å². The Hall–Kier alpha value is -1.35. The van der Waals surface area contributed by atoms with Crippen molar-refractivity contribution in [2.75, 3.05) is 7.05 Å². The summed E-state index contributed by atoms with van der Waals surface area (Å²) in [5.74, 6) is 0.221. The van der Waals surface area contributed by atoms with Gasteiger partial charge in [-0.1, -0.05) is 37.1 Å². The van der Waals surface area contributed by atoms with Crippen LogP contribution in [0.15, 0.2) is 24.3 Å². The summed E-state index contributed by atoms with van der Waals surface area (Å²) < 4.78 is 0. The van der Waals surface area contributed by atoms with Crippen molar-refractivity contribution in [1.82, 2.24) is 4.90 Å². The molecule has 19 heavy (non-hydrogen) atoms. The molecule has 1 aliphatic carbocycles. The first kappa shape index (κ1) is 14.1. The Morgan fingerprint density at radius 3 is 2.68 bits per heavy atom. The fraction of sp³-hybridized carbons (Fsp3) is 0.562. The number of hydrogen-bond donors (Lipinski definition) is 1. The molecule has 1 saturated carbocycles. The molecule has 0 spiro atoms. The van der Waals surface area contributed by atoms with Crippen LogP contribution in [0, 0.1) is 12.8 Å². The van der Waals surface area contributed by atoms with E-state index >= 15 is 0 Å². The molecule has 0 aromatic heterocycles. The van der Waals surface area contributed by atoms with Gasteiger partial charge in [-0.05, 0) is 30.9 Å². The van der Waals surface area contributed by atoms with Crippen molar-refractivity contribution in [3.8, 4) is 0 Å². The highest BCUT2D eigenvalue weighted by Crippen LogP contribution is 2.25. The first-order chi connectivity index (χ1) is 9.09. The summed E-state index contributed by atoms with van der Waals surface area (Å²) in [4.78, 5) is 14.3. The molecule has 2 unspecified atom stereocenters. The minimum atomic E-state index is 0.0165. The van der Waals surface area contributed by atoms with Crippen LogP contribution in [-0.2, 0) is 11.3 Å². The summed E-state index contributed by atoms with van der Waals surface area (Å²) in [7, 11) is 1.89. The summed E-state index contributed by atoms with van der Waals surface area (Å²) in [6, 6.07) is 8.26. The molecule has 3 heteroatoms. The molecule has 2 rings (SSSR count). The van der Waals surface area contributed by atoms with E-state index in [0.29, 0.717) is 6.54 Å². The Morgan fingerprint density at radius 1 is 1.32 bits per heavy atom. The van der Waals surface area contributed by atoms with Gasteiger partial charge in [0.1, 0.15) is 0 Å². The lowest BCUT2D eigenvalue weighted by molar-refractivity contribution is -0.136. The van der Waals surface area contributed by atoms with Crippen molar-refractivity contribution in [1.29, 1.82) is 0 Å². The summed E-state index contributed by atoms with van der Waals surface area (Å²) in [5, 5.41) is 0. The van der Waals surface area contributed by atoms with Crippen LogP contribution in [0.4, 0.5) is 0 Å². The van der Waals surface area contributed by atoms with Gasteiger partial charge in [0.15, 0.2) is 0 Å². The number of amides is 1. The molecule has 1 fully saturated rings. The Morgan fingerprint density at radius 2 is 2.00 bits per heavy atom. The van der Waals surface area contributed by atoms with E-state index in [2.05, 4.69) is 19.1 Å². The average Bonchev–Trinajstić information content (AvgIpc) is 2.41. The van der Waals surface area contributed by atoms with Gasteiger partial charge in [0.25, 0.3) is 0 Å². The van der Waals surface area contributed by atoms with Crippen molar-refractivity contribution in [3.05, 3.63) is 35.4 Å². The largest absolute Gasteiger partial charge is 0.341 e. The Kier molecular flexibility index (Phi) is 4.59. The maximum absolute atomic E-state index is 12.5. The quantitative estimate of drug-likeness (QED) is 0.907. The highest BCUT2D eigenvalue weighted by Gasteiger charge is 2.30. The monoisotopic (exact) mass is 260 g/mol. The number of aryl methyl sites for hydroxylation is 1. The van der Waals surface area contributed by atoms with Gasteiger partial charge in [-0.2, -0.15) is 0 Å². The van der Waals surface area contributed by atoms with Crippen LogP contribution in [0.3, 0.4) is 0 Å². The SMILES string of the molecule is Cc1ccccc1CN(C)C(=O)C1CCCCC1N. The standard InChI is InChI=1S/C16H24N2O/c1-12-7-3-4-8-13(12)11-18(2)16(19)14-9-5-6-10-15(14)17/h3-4,7-8,14-15H,5-6,9-11,17H2,1-2H3. The first-order valence-electron chi connectivity index (χ1n) is 7.14. The van der Waals surface area contributed by atoms with Crippen LogP contribution in [0.1, 0.15) is 36.8 Å². The van der Waals surface area contributed by atoms with Gasteiger partial charge in [0.05, 0.1) is 5.92 Å². The third-order valence-electron chi connectivity index (χ3n) is 4.18. The van der Waals surface area contributed by atoms with Crippen LogP contribution in [0.2, 0.25) is 0 Å². The average molecular weight is 260 g/mol. The van der Waals surface area contributed by atoms with Crippen molar-refractivity contribution >= 4 is 5.91 Å². The minimum Gasteiger partial charge on any atom is -0.341 e. The third kappa shape index (κ3) is 3.35. The molecule has 1 aliphatic rings. The summed E-state index contributed by atoms with van der Waals surface area (Å²) in [5.41, 5.74) is 8.54. The normalized spacial score (nSPS) is 23.1. The van der Waals surface area contributed by atoms with Crippen molar-refractivity contribution in [2.24, 2.45) is 11.7 Å². The van der Waals surface area contributed by atoms with Crippen LogP contribution in [0.5, 0.6) is 0 Å². The van der Waals surface area contributed by atoms with E-state index in [0.717, 1.165) is 25.7 Å². The van der Waals surface area contributed by atoms with Gasteiger partial charge >= 0.3 is 0 Å². The van der Waals surface area contributed by atoms with Gasteiger partial charge < -0.3 is 10.6 Å². The van der Waals surface area contributed by atoms with E-state index in [9.17, 15) is 4.79 Å². The lowest BCUT2D eigenvalue weighted by atomic mass is 9.84. The molecular formula is C16H24N2O. The Balaban J connectivity index is 2.01. The maximum Gasteiger partial charge on any atom is 0.227 e. The van der Waals surface area contributed by atoms with Crippen LogP contribution in [0.25, 0.3) is 0 Å². The molecule has 0 radical (unpaired) electrons. The van der Waals surface area contributed by atoms with Gasteiger partial charge in [-0.3, -0.25) is 4.79 Å². The van der Waals surface area contributed by atoms with E-state index < -0.39 is 0 Å². The maximum atomic E-state index is 12.5. The molecule has 0 aliphatic heterocycles. The van der Waals surface area contributed by atoms with Crippen molar-refractivity contribution < 1.29 is 4.79 Å². The lowest BCUT2D eigenvalue weighted by Gasteiger charge is -2.31. The summed E-state index contributed by atoms with van der Waals surface area (Å²) >= 11 is 0. The molecule has 0 bridgehead atoms. The fourth-order valence-corrected chi connectivity index (χ4v) is 2.87. The molecule has 2 atom stereocenters. The molecule has 0 heterocycles. The zero-order valence-corrected chi connectivity index (χ0v) is 11.9. The van der Waals surface area contributed by atoms with E-state index in [1.165, 1.54) is 11.1 Å². The highest BCUT2D eigenvalue weighted by molar-refractivity contribution is 5.79. The smallest absolute Gasteiger partial charge is 0.227 e. The number of carbonyl (C=O) groups excluding carboxylic acids is 1. The zero-order valence-electron chi connectivity index (χ0n) is 11.9. The number of carbonyl (C=O) groups is 1. The molecule has 1 aromatic carbocycles. The third-order valence-corrected chi connectivity index (χ3v) is 4.18.